The van der Waals surface area contributed by atoms with Crippen molar-refractivity contribution in [3.63, 3.8) is 0 Å². The first-order chi connectivity index (χ1) is 10.6. The van der Waals surface area contributed by atoms with Crippen LogP contribution in [0.5, 0.6) is 0 Å². The minimum absolute atomic E-state index is 0.0746. The number of hydrogen-bond acceptors (Lipinski definition) is 6. The fourth-order valence-corrected chi connectivity index (χ4v) is 2.70. The van der Waals surface area contributed by atoms with Crippen LogP contribution in [0.1, 0.15) is 13.3 Å². The molecule has 0 saturated carbocycles. The number of aromatic nitrogens is 4. The Hall–Kier alpha value is -2.40. The predicted molar refractivity (Wildman–Crippen MR) is 83.1 cm³/mol. The van der Waals surface area contributed by atoms with Crippen LogP contribution in [0.4, 0.5) is 5.69 Å². The Morgan fingerprint density at radius 2 is 2.18 bits per heavy atom. The number of aryl methyl sites for hydroxylation is 1. The molecule has 0 bridgehead atoms. The average Bonchev–Trinajstić information content (AvgIpc) is 2.93. The standard InChI is InChI=1S/C14H16N6OS/c1-11(22-14-16-17-18-19(14)2)13(21)20(10-6-9-15)12-7-4-3-5-8-12/h3-5,7-8,11H,6,10H2,1-2H3/t11-/m0/s1. The maximum absolute atomic E-state index is 12.7. The van der Waals surface area contributed by atoms with Gasteiger partial charge in [-0.2, -0.15) is 5.26 Å². The Bertz CT molecular complexity index is 665. The zero-order valence-corrected chi connectivity index (χ0v) is 13.2. The number of benzene rings is 1. The fourth-order valence-electron chi connectivity index (χ4n) is 1.89. The molecule has 114 valence electrons. The van der Waals surface area contributed by atoms with E-state index in [1.54, 1.807) is 11.9 Å². The number of carbonyl (C=O) groups is 1. The largest absolute Gasteiger partial charge is 0.310 e. The van der Waals surface area contributed by atoms with Crippen molar-refractivity contribution in [2.75, 3.05) is 11.4 Å². The highest BCUT2D eigenvalue weighted by atomic mass is 32.2. The summed E-state index contributed by atoms with van der Waals surface area (Å²) in [6.07, 6.45) is 0.281. The lowest BCUT2D eigenvalue weighted by Gasteiger charge is -2.24. The van der Waals surface area contributed by atoms with E-state index in [1.165, 1.54) is 16.4 Å². The van der Waals surface area contributed by atoms with E-state index in [9.17, 15) is 4.79 Å². The number of rotatable bonds is 6. The Labute approximate surface area is 132 Å². The van der Waals surface area contributed by atoms with Crippen LogP contribution in [-0.4, -0.2) is 37.9 Å². The third-order valence-electron chi connectivity index (χ3n) is 2.99. The zero-order chi connectivity index (χ0) is 15.9. The van der Waals surface area contributed by atoms with Gasteiger partial charge in [-0.3, -0.25) is 4.79 Å². The number of amides is 1. The average molecular weight is 316 g/mol. The van der Waals surface area contributed by atoms with E-state index >= 15 is 0 Å². The topological polar surface area (TPSA) is 87.7 Å². The number of anilines is 1. The summed E-state index contributed by atoms with van der Waals surface area (Å²) in [5.74, 6) is -0.0746. The number of tetrazole rings is 1. The molecule has 0 aliphatic carbocycles. The molecule has 0 radical (unpaired) electrons. The molecule has 1 atom stereocenters. The smallest absolute Gasteiger partial charge is 0.240 e. The Morgan fingerprint density at radius 1 is 1.45 bits per heavy atom. The van der Waals surface area contributed by atoms with E-state index in [4.69, 9.17) is 5.26 Å². The number of hydrogen-bond donors (Lipinski definition) is 0. The second-order valence-electron chi connectivity index (χ2n) is 4.58. The lowest BCUT2D eigenvalue weighted by molar-refractivity contribution is -0.117. The van der Waals surface area contributed by atoms with Crippen molar-refractivity contribution in [2.24, 2.45) is 7.05 Å². The maximum atomic E-state index is 12.7. The van der Waals surface area contributed by atoms with Gasteiger partial charge in [0, 0.05) is 19.3 Å². The first-order valence-corrected chi connectivity index (χ1v) is 7.64. The highest BCUT2D eigenvalue weighted by molar-refractivity contribution is 8.00. The summed E-state index contributed by atoms with van der Waals surface area (Å²) in [6.45, 7) is 2.17. The first-order valence-electron chi connectivity index (χ1n) is 6.76. The van der Waals surface area contributed by atoms with Crippen LogP contribution < -0.4 is 4.90 Å². The molecule has 0 N–H and O–H groups in total. The lowest BCUT2D eigenvalue weighted by atomic mass is 10.2. The molecule has 8 heteroatoms. The third kappa shape index (κ3) is 3.83. The molecule has 2 aromatic rings. The van der Waals surface area contributed by atoms with Crippen molar-refractivity contribution in [1.82, 2.24) is 20.2 Å². The van der Waals surface area contributed by atoms with Gasteiger partial charge in [-0.1, -0.05) is 30.0 Å². The van der Waals surface area contributed by atoms with Crippen molar-refractivity contribution in [3.05, 3.63) is 30.3 Å². The number of nitrogens with zero attached hydrogens (tertiary/aromatic N) is 6. The molecule has 1 aromatic carbocycles. The van der Waals surface area contributed by atoms with Gasteiger partial charge in [0.1, 0.15) is 0 Å². The molecular formula is C14H16N6OS. The van der Waals surface area contributed by atoms with Crippen molar-refractivity contribution < 1.29 is 4.79 Å². The first kappa shape index (κ1) is 16.0. The van der Waals surface area contributed by atoms with Gasteiger partial charge in [-0.05, 0) is 29.5 Å². The SMILES string of the molecule is C[C@H](Sc1nnnn1C)C(=O)N(CCC#N)c1ccccc1. The van der Waals surface area contributed by atoms with E-state index in [2.05, 4.69) is 21.6 Å². The number of carbonyl (C=O) groups excluding carboxylic acids is 1. The van der Waals surface area contributed by atoms with Crippen LogP contribution in [-0.2, 0) is 11.8 Å². The molecule has 0 aliphatic rings. The van der Waals surface area contributed by atoms with Crippen LogP contribution in [0.3, 0.4) is 0 Å². The fraction of sp³-hybridized carbons (Fsp3) is 0.357. The summed E-state index contributed by atoms with van der Waals surface area (Å²) < 4.78 is 1.52. The highest BCUT2D eigenvalue weighted by Gasteiger charge is 2.24. The van der Waals surface area contributed by atoms with Crippen LogP contribution >= 0.6 is 11.8 Å². The third-order valence-corrected chi connectivity index (χ3v) is 4.10. The summed E-state index contributed by atoms with van der Waals surface area (Å²) in [5.41, 5.74) is 0.784. The predicted octanol–water partition coefficient (Wildman–Crippen LogP) is 1.64. The van der Waals surface area contributed by atoms with Gasteiger partial charge in [0.25, 0.3) is 0 Å². The Morgan fingerprint density at radius 3 is 2.77 bits per heavy atom. The molecule has 1 amide bonds. The van der Waals surface area contributed by atoms with Crippen molar-refractivity contribution in [1.29, 1.82) is 5.26 Å². The van der Waals surface area contributed by atoms with Crippen LogP contribution in [0.25, 0.3) is 0 Å². The van der Waals surface area contributed by atoms with E-state index in [0.717, 1.165) is 5.69 Å². The molecule has 1 heterocycles. The summed E-state index contributed by atoms with van der Waals surface area (Å²) in [6, 6.07) is 11.4. The summed E-state index contributed by atoms with van der Waals surface area (Å²) >= 11 is 1.29. The monoisotopic (exact) mass is 316 g/mol. The summed E-state index contributed by atoms with van der Waals surface area (Å²) in [5, 5.41) is 20.2. The lowest BCUT2D eigenvalue weighted by Crippen LogP contribution is -2.37. The molecule has 1 aromatic heterocycles. The van der Waals surface area contributed by atoms with Crippen molar-refractivity contribution >= 4 is 23.4 Å². The number of thioether (sulfide) groups is 1. The van der Waals surface area contributed by atoms with Gasteiger partial charge >= 0.3 is 0 Å². The number of para-hydroxylation sites is 1. The summed E-state index contributed by atoms with van der Waals surface area (Å²) in [7, 11) is 1.73. The van der Waals surface area contributed by atoms with Crippen LogP contribution in [0.15, 0.2) is 35.5 Å². The molecule has 7 nitrogen and oxygen atoms in total. The van der Waals surface area contributed by atoms with E-state index < -0.39 is 0 Å². The van der Waals surface area contributed by atoms with Crippen molar-refractivity contribution in [2.45, 2.75) is 23.8 Å². The molecule has 0 saturated heterocycles. The molecular weight excluding hydrogens is 300 g/mol. The van der Waals surface area contributed by atoms with Gasteiger partial charge in [-0.25, -0.2) is 4.68 Å². The van der Waals surface area contributed by atoms with Gasteiger partial charge in [-0.15, -0.1) is 5.10 Å². The molecule has 0 spiro atoms. The van der Waals surface area contributed by atoms with E-state index in [0.29, 0.717) is 11.7 Å². The van der Waals surface area contributed by atoms with Gasteiger partial charge in [0.2, 0.25) is 11.1 Å². The molecule has 2 rings (SSSR count). The second-order valence-corrected chi connectivity index (χ2v) is 5.89. The molecule has 22 heavy (non-hydrogen) atoms. The Balaban J connectivity index is 2.14. The highest BCUT2D eigenvalue weighted by Crippen LogP contribution is 2.24. The number of nitriles is 1. The van der Waals surface area contributed by atoms with Crippen molar-refractivity contribution in [3.8, 4) is 6.07 Å². The molecule has 0 unspecified atom stereocenters. The quantitative estimate of drug-likeness (QED) is 0.753. The molecule has 0 fully saturated rings. The van der Waals surface area contributed by atoms with Gasteiger partial charge in [0.15, 0.2) is 0 Å². The minimum atomic E-state index is -0.358. The van der Waals surface area contributed by atoms with Gasteiger partial charge < -0.3 is 4.90 Å². The van der Waals surface area contributed by atoms with Gasteiger partial charge in [0.05, 0.1) is 17.7 Å². The van der Waals surface area contributed by atoms with Crippen LogP contribution in [0, 0.1) is 11.3 Å². The summed E-state index contributed by atoms with van der Waals surface area (Å²) in [4.78, 5) is 14.3. The van der Waals surface area contributed by atoms with E-state index in [-0.39, 0.29) is 17.6 Å². The van der Waals surface area contributed by atoms with Crippen LogP contribution in [0.2, 0.25) is 0 Å². The minimum Gasteiger partial charge on any atom is -0.310 e. The second kappa shape index (κ2) is 7.56. The zero-order valence-electron chi connectivity index (χ0n) is 12.4. The molecule has 0 aliphatic heterocycles. The van der Waals surface area contributed by atoms with E-state index in [1.807, 2.05) is 37.3 Å². The maximum Gasteiger partial charge on any atom is 0.240 e. The normalized spacial score (nSPS) is 11.7. The Kier molecular flexibility index (Phi) is 5.49.